The Hall–Kier alpha value is 0.500. The van der Waals surface area contributed by atoms with Crippen LogP contribution in [0.15, 0.2) is 0 Å². The molecular weight excluding hydrogens is 195 g/mol. The monoisotopic (exact) mass is 214 g/mol. The lowest BCUT2D eigenvalue weighted by Crippen LogP contribution is -2.42. The molecule has 0 amide bonds. The molecule has 1 saturated carbocycles. The summed E-state index contributed by atoms with van der Waals surface area (Å²) in [5.41, 5.74) is 5.61. The van der Waals surface area contributed by atoms with E-state index in [0.717, 1.165) is 0 Å². The highest BCUT2D eigenvalue weighted by molar-refractivity contribution is 5.85. The quantitative estimate of drug-likeness (QED) is 0.692. The first-order chi connectivity index (χ1) is 4.79. The van der Waals surface area contributed by atoms with Gasteiger partial charge in [0.15, 0.2) is 0 Å². The van der Waals surface area contributed by atoms with Gasteiger partial charge in [-0.15, -0.1) is 24.8 Å². The van der Waals surface area contributed by atoms with Crippen molar-refractivity contribution in [1.29, 1.82) is 0 Å². The largest absolute Gasteiger partial charge is 0.316 e. The van der Waals surface area contributed by atoms with Crippen LogP contribution in [0.3, 0.4) is 0 Å². The van der Waals surface area contributed by atoms with Crippen molar-refractivity contribution in [1.82, 2.24) is 5.32 Å². The molecule has 1 rings (SSSR count). The first kappa shape index (κ1) is 15.0. The van der Waals surface area contributed by atoms with E-state index in [1.807, 2.05) is 6.92 Å². The first-order valence-electron chi connectivity index (χ1n) is 4.30. The summed E-state index contributed by atoms with van der Waals surface area (Å²) in [6, 6.07) is 0.703. The van der Waals surface area contributed by atoms with Crippen LogP contribution in [0.2, 0.25) is 0 Å². The van der Waals surface area contributed by atoms with Crippen LogP contribution in [-0.4, -0.2) is 12.2 Å². The number of halogens is 2. The van der Waals surface area contributed by atoms with Gasteiger partial charge in [0.25, 0.3) is 0 Å². The molecule has 76 valence electrons. The van der Waals surface area contributed by atoms with E-state index in [0.29, 0.717) is 6.04 Å². The molecule has 1 atom stereocenters. The van der Waals surface area contributed by atoms with Crippen molar-refractivity contribution < 1.29 is 0 Å². The van der Waals surface area contributed by atoms with Crippen molar-refractivity contribution in [3.8, 4) is 0 Å². The maximum atomic E-state index is 5.61. The summed E-state index contributed by atoms with van der Waals surface area (Å²) in [4.78, 5) is 0. The van der Waals surface area contributed by atoms with Gasteiger partial charge in [0.05, 0.1) is 6.17 Å². The van der Waals surface area contributed by atoms with E-state index >= 15 is 0 Å². The molecule has 1 aliphatic rings. The molecule has 4 heteroatoms. The van der Waals surface area contributed by atoms with Crippen molar-refractivity contribution in [3.63, 3.8) is 0 Å². The Morgan fingerprint density at radius 1 is 1.17 bits per heavy atom. The molecule has 3 N–H and O–H groups in total. The Morgan fingerprint density at radius 3 is 2.08 bits per heavy atom. The first-order valence-corrected chi connectivity index (χ1v) is 4.30. The summed E-state index contributed by atoms with van der Waals surface area (Å²) in [7, 11) is 0. The number of rotatable bonds is 2. The van der Waals surface area contributed by atoms with Crippen molar-refractivity contribution in [3.05, 3.63) is 0 Å². The van der Waals surface area contributed by atoms with Gasteiger partial charge in [0.2, 0.25) is 0 Å². The van der Waals surface area contributed by atoms with Gasteiger partial charge in [0, 0.05) is 6.04 Å². The van der Waals surface area contributed by atoms with Crippen molar-refractivity contribution in [2.45, 2.75) is 51.2 Å². The fraction of sp³-hybridized carbons (Fsp3) is 1.00. The molecule has 0 aromatic heterocycles. The zero-order valence-electron chi connectivity index (χ0n) is 7.58. The molecule has 0 heterocycles. The summed E-state index contributed by atoms with van der Waals surface area (Å²) in [5, 5.41) is 3.36. The van der Waals surface area contributed by atoms with Crippen LogP contribution in [-0.2, 0) is 0 Å². The second-order valence-corrected chi connectivity index (χ2v) is 3.29. The lowest BCUT2D eigenvalue weighted by atomic mass is 9.95. The highest BCUT2D eigenvalue weighted by Gasteiger charge is 2.12. The van der Waals surface area contributed by atoms with Crippen LogP contribution in [0.1, 0.15) is 39.0 Å². The number of hydrogen-bond donors (Lipinski definition) is 2. The molecule has 12 heavy (non-hydrogen) atoms. The molecule has 0 bridgehead atoms. The molecule has 0 radical (unpaired) electrons. The van der Waals surface area contributed by atoms with Crippen LogP contribution < -0.4 is 11.1 Å². The summed E-state index contributed by atoms with van der Waals surface area (Å²) in [5.74, 6) is 0. The van der Waals surface area contributed by atoms with Gasteiger partial charge in [-0.05, 0) is 19.8 Å². The minimum Gasteiger partial charge on any atom is -0.316 e. The standard InChI is InChI=1S/C8H18N2.2ClH/c1-7(9)10-8-5-3-2-4-6-8;;/h7-8,10H,2-6,9H2,1H3;2*1H. The van der Waals surface area contributed by atoms with Gasteiger partial charge in [-0.25, -0.2) is 0 Å². The van der Waals surface area contributed by atoms with E-state index < -0.39 is 0 Å². The fourth-order valence-electron chi connectivity index (χ4n) is 1.64. The van der Waals surface area contributed by atoms with Gasteiger partial charge in [-0.2, -0.15) is 0 Å². The highest BCUT2D eigenvalue weighted by atomic mass is 35.5. The molecule has 0 aliphatic heterocycles. The van der Waals surface area contributed by atoms with Crippen LogP contribution >= 0.6 is 24.8 Å². The highest BCUT2D eigenvalue weighted by Crippen LogP contribution is 2.17. The van der Waals surface area contributed by atoms with E-state index in [2.05, 4.69) is 5.32 Å². The SMILES string of the molecule is CC(N)NC1CCCCC1.Cl.Cl. The van der Waals surface area contributed by atoms with E-state index in [1.165, 1.54) is 32.1 Å². The van der Waals surface area contributed by atoms with Gasteiger partial charge in [-0.1, -0.05) is 19.3 Å². The fourth-order valence-corrected chi connectivity index (χ4v) is 1.64. The lowest BCUT2D eigenvalue weighted by Gasteiger charge is -2.24. The van der Waals surface area contributed by atoms with Crippen LogP contribution in [0, 0.1) is 0 Å². The molecule has 1 fully saturated rings. The number of nitrogens with one attached hydrogen (secondary N) is 1. The lowest BCUT2D eigenvalue weighted by molar-refractivity contribution is 0.347. The minimum atomic E-state index is 0. The molecular formula is C8H20Cl2N2. The molecule has 0 saturated heterocycles. The van der Waals surface area contributed by atoms with Gasteiger partial charge in [0.1, 0.15) is 0 Å². The predicted molar refractivity (Wildman–Crippen MR) is 58.2 cm³/mol. The minimum absolute atomic E-state index is 0. The number of hydrogen-bond acceptors (Lipinski definition) is 2. The van der Waals surface area contributed by atoms with E-state index in [-0.39, 0.29) is 31.0 Å². The normalized spacial score (nSPS) is 20.5. The van der Waals surface area contributed by atoms with Crippen LogP contribution in [0.5, 0.6) is 0 Å². The van der Waals surface area contributed by atoms with Gasteiger partial charge >= 0.3 is 0 Å². The maximum absolute atomic E-state index is 5.61. The smallest absolute Gasteiger partial charge is 0.0519 e. The molecule has 0 spiro atoms. The van der Waals surface area contributed by atoms with E-state index in [1.54, 1.807) is 0 Å². The third-order valence-corrected chi connectivity index (χ3v) is 2.10. The summed E-state index contributed by atoms with van der Waals surface area (Å²) >= 11 is 0. The average molecular weight is 215 g/mol. The topological polar surface area (TPSA) is 38.0 Å². The Labute approximate surface area is 87.5 Å². The summed E-state index contributed by atoms with van der Waals surface area (Å²) in [6.45, 7) is 2.01. The average Bonchev–Trinajstić information content (AvgIpc) is 1.88. The molecule has 1 aliphatic carbocycles. The Bertz CT molecular complexity index is 93.1. The van der Waals surface area contributed by atoms with Crippen molar-refractivity contribution in [2.75, 3.05) is 0 Å². The van der Waals surface area contributed by atoms with E-state index in [4.69, 9.17) is 5.73 Å². The van der Waals surface area contributed by atoms with Crippen LogP contribution in [0.25, 0.3) is 0 Å². The Morgan fingerprint density at radius 2 is 1.67 bits per heavy atom. The molecule has 0 aromatic rings. The third-order valence-electron chi connectivity index (χ3n) is 2.10. The second-order valence-electron chi connectivity index (χ2n) is 3.29. The Balaban J connectivity index is 0. The van der Waals surface area contributed by atoms with Crippen molar-refractivity contribution in [2.24, 2.45) is 5.73 Å². The van der Waals surface area contributed by atoms with Gasteiger partial charge in [-0.3, -0.25) is 5.32 Å². The van der Waals surface area contributed by atoms with E-state index in [9.17, 15) is 0 Å². The molecule has 0 aromatic carbocycles. The maximum Gasteiger partial charge on any atom is 0.0519 e. The second kappa shape index (κ2) is 8.11. The number of nitrogens with two attached hydrogens (primary N) is 1. The molecule has 1 unspecified atom stereocenters. The zero-order chi connectivity index (χ0) is 7.40. The predicted octanol–water partition coefficient (Wildman–Crippen LogP) is 2.06. The summed E-state index contributed by atoms with van der Waals surface area (Å²) < 4.78 is 0. The zero-order valence-corrected chi connectivity index (χ0v) is 9.22. The third kappa shape index (κ3) is 6.06. The van der Waals surface area contributed by atoms with Crippen LogP contribution in [0.4, 0.5) is 0 Å². The Kier molecular flexibility index (Phi) is 10.1. The summed E-state index contributed by atoms with van der Waals surface area (Å²) in [6.07, 6.45) is 6.98. The van der Waals surface area contributed by atoms with Crippen molar-refractivity contribution >= 4 is 24.8 Å². The molecule has 2 nitrogen and oxygen atoms in total. The van der Waals surface area contributed by atoms with Gasteiger partial charge < -0.3 is 5.73 Å².